The molecule has 3 aromatic rings. The molecule has 174 valence electrons. The van der Waals surface area contributed by atoms with Gasteiger partial charge in [-0.15, -0.1) is 0 Å². The second-order valence-corrected chi connectivity index (χ2v) is 9.28. The number of aryl methyl sites for hydroxylation is 2. The van der Waals surface area contributed by atoms with Gasteiger partial charge in [0.15, 0.2) is 23.3 Å². The molecule has 0 amide bonds. The quantitative estimate of drug-likeness (QED) is 0.313. The van der Waals surface area contributed by atoms with Gasteiger partial charge in [0, 0.05) is 5.56 Å². The van der Waals surface area contributed by atoms with Crippen LogP contribution in [-0.4, -0.2) is 0 Å². The summed E-state index contributed by atoms with van der Waals surface area (Å²) in [6.07, 6.45) is 7.98. The van der Waals surface area contributed by atoms with E-state index in [1.807, 2.05) is 12.1 Å². The van der Waals surface area contributed by atoms with Crippen molar-refractivity contribution in [3.8, 4) is 11.1 Å². The maximum atomic E-state index is 14.9. The number of halogens is 4. The Hall–Kier alpha value is -2.62. The van der Waals surface area contributed by atoms with Gasteiger partial charge in [0.1, 0.15) is 0 Å². The van der Waals surface area contributed by atoms with Crippen molar-refractivity contribution in [2.75, 3.05) is 0 Å². The molecule has 1 saturated carbocycles. The molecular formula is C29H30F4. The molecular weight excluding hydrogens is 424 g/mol. The van der Waals surface area contributed by atoms with E-state index >= 15 is 0 Å². The first-order chi connectivity index (χ1) is 16.0. The van der Waals surface area contributed by atoms with E-state index in [1.54, 1.807) is 12.1 Å². The van der Waals surface area contributed by atoms with E-state index in [0.717, 1.165) is 18.1 Å². The molecule has 0 aliphatic heterocycles. The highest BCUT2D eigenvalue weighted by Crippen LogP contribution is 2.38. The van der Waals surface area contributed by atoms with Crippen molar-refractivity contribution in [1.29, 1.82) is 0 Å². The van der Waals surface area contributed by atoms with Crippen LogP contribution in [0.4, 0.5) is 17.6 Å². The zero-order valence-electron chi connectivity index (χ0n) is 19.0. The summed E-state index contributed by atoms with van der Waals surface area (Å²) in [6, 6.07) is 14.6. The van der Waals surface area contributed by atoms with Gasteiger partial charge in [-0.05, 0) is 84.7 Å². The van der Waals surface area contributed by atoms with Gasteiger partial charge >= 0.3 is 0 Å². The Morgan fingerprint density at radius 2 is 1.45 bits per heavy atom. The Bertz CT molecular complexity index is 1080. The third-order valence-electron chi connectivity index (χ3n) is 7.07. The van der Waals surface area contributed by atoms with Crippen LogP contribution in [0.5, 0.6) is 0 Å². The van der Waals surface area contributed by atoms with E-state index in [-0.39, 0.29) is 17.5 Å². The van der Waals surface area contributed by atoms with E-state index in [2.05, 4.69) is 19.1 Å². The van der Waals surface area contributed by atoms with Crippen molar-refractivity contribution in [2.24, 2.45) is 5.92 Å². The number of benzene rings is 3. The van der Waals surface area contributed by atoms with Gasteiger partial charge in [0.2, 0.25) is 0 Å². The maximum Gasteiger partial charge on any atom is 0.166 e. The lowest BCUT2D eigenvalue weighted by Gasteiger charge is -2.28. The molecule has 0 saturated heterocycles. The van der Waals surface area contributed by atoms with E-state index < -0.39 is 23.3 Å². The average molecular weight is 455 g/mol. The summed E-state index contributed by atoms with van der Waals surface area (Å²) in [6.45, 7) is 2.24. The lowest BCUT2D eigenvalue weighted by Crippen LogP contribution is -2.13. The van der Waals surface area contributed by atoms with Gasteiger partial charge in [0.05, 0.1) is 0 Å². The fourth-order valence-corrected chi connectivity index (χ4v) is 5.11. The molecule has 0 aromatic heterocycles. The van der Waals surface area contributed by atoms with E-state index in [1.165, 1.54) is 50.2 Å². The second-order valence-electron chi connectivity index (χ2n) is 9.28. The highest BCUT2D eigenvalue weighted by Gasteiger charge is 2.22. The molecule has 3 aromatic carbocycles. The van der Waals surface area contributed by atoms with Crippen LogP contribution < -0.4 is 0 Å². The van der Waals surface area contributed by atoms with Crippen LogP contribution in [0.1, 0.15) is 68.1 Å². The van der Waals surface area contributed by atoms with Gasteiger partial charge in [-0.1, -0.05) is 62.2 Å². The summed E-state index contributed by atoms with van der Waals surface area (Å²) >= 11 is 0. The first-order valence-corrected chi connectivity index (χ1v) is 12.0. The molecule has 0 spiro atoms. The Labute approximate surface area is 193 Å². The highest BCUT2D eigenvalue weighted by molar-refractivity contribution is 5.65. The first kappa shape index (κ1) is 23.5. The smallest absolute Gasteiger partial charge is 0.166 e. The predicted molar refractivity (Wildman–Crippen MR) is 125 cm³/mol. The normalized spacial score (nSPS) is 18.5. The standard InChI is InChI=1S/C29H30F4/c1-2-3-19-4-8-21(9-5-19)22-11-13-23(14-12-22)25-16-15-24(28(32)29(25)33)10-6-20-7-17-26(30)27(31)18-20/h7,11-19,21H,2-6,8-10H2,1H3. The lowest BCUT2D eigenvalue weighted by atomic mass is 9.77. The largest absolute Gasteiger partial charge is 0.204 e. The monoisotopic (exact) mass is 454 g/mol. The molecule has 1 fully saturated rings. The van der Waals surface area contributed by atoms with E-state index in [9.17, 15) is 17.6 Å². The molecule has 0 heterocycles. The van der Waals surface area contributed by atoms with Crippen LogP contribution in [0, 0.1) is 29.2 Å². The first-order valence-electron chi connectivity index (χ1n) is 12.0. The van der Waals surface area contributed by atoms with Crippen LogP contribution in [0.3, 0.4) is 0 Å². The SMILES string of the molecule is CCCC1CCC(c2ccc(-c3ccc(CCc4ccc(F)c(F)c4)c(F)c3F)cc2)CC1. The highest BCUT2D eigenvalue weighted by atomic mass is 19.2. The fourth-order valence-electron chi connectivity index (χ4n) is 5.11. The van der Waals surface area contributed by atoms with Crippen LogP contribution in [0.25, 0.3) is 11.1 Å². The molecule has 0 radical (unpaired) electrons. The Morgan fingerprint density at radius 3 is 2.12 bits per heavy atom. The zero-order chi connectivity index (χ0) is 23.4. The van der Waals surface area contributed by atoms with Crippen LogP contribution >= 0.6 is 0 Å². The van der Waals surface area contributed by atoms with E-state index in [0.29, 0.717) is 23.5 Å². The lowest BCUT2D eigenvalue weighted by molar-refractivity contribution is 0.308. The van der Waals surface area contributed by atoms with Crippen molar-refractivity contribution in [3.63, 3.8) is 0 Å². The summed E-state index contributed by atoms with van der Waals surface area (Å²) in [5, 5.41) is 0. The van der Waals surface area contributed by atoms with Crippen molar-refractivity contribution in [1.82, 2.24) is 0 Å². The van der Waals surface area contributed by atoms with Crippen molar-refractivity contribution < 1.29 is 17.6 Å². The third kappa shape index (κ3) is 5.48. The van der Waals surface area contributed by atoms with Crippen LogP contribution in [-0.2, 0) is 12.8 Å². The summed E-state index contributed by atoms with van der Waals surface area (Å²) in [5.74, 6) is -2.21. The molecule has 0 unspecified atom stereocenters. The molecule has 4 heteroatoms. The predicted octanol–water partition coefficient (Wildman–Crippen LogP) is 8.77. The van der Waals surface area contributed by atoms with Gasteiger partial charge in [-0.25, -0.2) is 17.6 Å². The molecule has 4 rings (SSSR count). The zero-order valence-corrected chi connectivity index (χ0v) is 19.0. The molecule has 0 atom stereocenters. The topological polar surface area (TPSA) is 0 Å². The number of hydrogen-bond donors (Lipinski definition) is 0. The Balaban J connectivity index is 1.44. The Morgan fingerprint density at radius 1 is 0.727 bits per heavy atom. The molecule has 1 aliphatic rings. The molecule has 1 aliphatic carbocycles. The molecule has 0 bridgehead atoms. The molecule has 0 N–H and O–H groups in total. The average Bonchev–Trinajstić information content (AvgIpc) is 2.83. The summed E-state index contributed by atoms with van der Waals surface area (Å²) < 4.78 is 56.1. The summed E-state index contributed by atoms with van der Waals surface area (Å²) in [5.41, 5.74) is 2.93. The van der Waals surface area contributed by atoms with Gasteiger partial charge in [-0.3, -0.25) is 0 Å². The second kappa shape index (κ2) is 10.5. The molecule has 33 heavy (non-hydrogen) atoms. The minimum absolute atomic E-state index is 0.202. The summed E-state index contributed by atoms with van der Waals surface area (Å²) in [4.78, 5) is 0. The third-order valence-corrected chi connectivity index (χ3v) is 7.07. The van der Waals surface area contributed by atoms with Gasteiger partial charge in [-0.2, -0.15) is 0 Å². The number of rotatable bonds is 7. The van der Waals surface area contributed by atoms with Gasteiger partial charge < -0.3 is 0 Å². The van der Waals surface area contributed by atoms with Crippen molar-refractivity contribution >= 4 is 0 Å². The maximum absolute atomic E-state index is 14.9. The Kier molecular flexibility index (Phi) is 7.52. The number of hydrogen-bond acceptors (Lipinski definition) is 0. The van der Waals surface area contributed by atoms with Crippen LogP contribution in [0.2, 0.25) is 0 Å². The minimum atomic E-state index is -0.938. The minimum Gasteiger partial charge on any atom is -0.204 e. The van der Waals surface area contributed by atoms with Crippen LogP contribution in [0.15, 0.2) is 54.6 Å². The molecule has 0 nitrogen and oxygen atoms in total. The van der Waals surface area contributed by atoms with Crippen molar-refractivity contribution in [3.05, 3.63) is 94.6 Å². The van der Waals surface area contributed by atoms with Gasteiger partial charge in [0.25, 0.3) is 0 Å². The fraction of sp³-hybridized carbons (Fsp3) is 0.379. The van der Waals surface area contributed by atoms with E-state index in [4.69, 9.17) is 0 Å². The summed E-state index contributed by atoms with van der Waals surface area (Å²) in [7, 11) is 0. The van der Waals surface area contributed by atoms with Crippen molar-refractivity contribution in [2.45, 2.75) is 64.2 Å².